The Morgan fingerprint density at radius 2 is 2.26 bits per heavy atom. The predicted molar refractivity (Wildman–Crippen MR) is 73.6 cm³/mol. The van der Waals surface area contributed by atoms with Crippen molar-refractivity contribution in [2.75, 3.05) is 12.4 Å². The van der Waals surface area contributed by atoms with Gasteiger partial charge in [-0.25, -0.2) is 4.79 Å². The minimum Gasteiger partial charge on any atom is -0.467 e. The number of ether oxygens (including phenoxy) is 1. The highest BCUT2D eigenvalue weighted by Crippen LogP contribution is 2.26. The third kappa shape index (κ3) is 3.09. The van der Waals surface area contributed by atoms with Crippen LogP contribution in [0.2, 0.25) is 5.02 Å². The molecule has 4 nitrogen and oxygen atoms in total. The van der Waals surface area contributed by atoms with Crippen LogP contribution in [0.25, 0.3) is 0 Å². The lowest BCUT2D eigenvalue weighted by atomic mass is 10.1. The largest absolute Gasteiger partial charge is 0.467 e. The average Bonchev–Trinajstić information content (AvgIpc) is 2.92. The van der Waals surface area contributed by atoms with E-state index in [9.17, 15) is 4.79 Å². The summed E-state index contributed by atoms with van der Waals surface area (Å²) >= 11 is 6.08. The number of hydrogen-bond acceptors (Lipinski definition) is 4. The molecule has 0 aliphatic carbocycles. The van der Waals surface area contributed by atoms with Crippen molar-refractivity contribution in [1.82, 2.24) is 0 Å². The third-order valence-corrected chi connectivity index (χ3v) is 3.14. The summed E-state index contributed by atoms with van der Waals surface area (Å²) in [7, 11) is 1.35. The summed E-state index contributed by atoms with van der Waals surface area (Å²) in [6.45, 7) is 2.31. The number of aryl methyl sites for hydroxylation is 1. The van der Waals surface area contributed by atoms with Crippen LogP contribution in [-0.2, 0) is 11.3 Å². The highest BCUT2D eigenvalue weighted by Gasteiger charge is 2.14. The summed E-state index contributed by atoms with van der Waals surface area (Å²) in [5, 5.41) is 3.71. The van der Waals surface area contributed by atoms with Crippen LogP contribution < -0.4 is 5.32 Å². The summed E-state index contributed by atoms with van der Waals surface area (Å²) in [4.78, 5) is 11.7. The van der Waals surface area contributed by atoms with Crippen molar-refractivity contribution in [3.8, 4) is 0 Å². The van der Waals surface area contributed by atoms with Crippen LogP contribution in [0, 0.1) is 6.92 Å². The van der Waals surface area contributed by atoms with Gasteiger partial charge in [-0.05, 0) is 36.8 Å². The fraction of sp³-hybridized carbons (Fsp3) is 0.214. The minimum absolute atomic E-state index is 0.401. The molecule has 0 unspecified atom stereocenters. The first-order valence-corrected chi connectivity index (χ1v) is 6.14. The van der Waals surface area contributed by atoms with Gasteiger partial charge in [-0.1, -0.05) is 11.6 Å². The summed E-state index contributed by atoms with van der Waals surface area (Å²) < 4.78 is 9.99. The molecule has 0 bridgehead atoms. The van der Waals surface area contributed by atoms with Crippen molar-refractivity contribution in [3.05, 3.63) is 52.4 Å². The molecule has 100 valence electrons. The van der Waals surface area contributed by atoms with Crippen molar-refractivity contribution >= 4 is 23.3 Å². The molecule has 1 aromatic carbocycles. The SMILES string of the molecule is COC(=O)c1cc(C)c(Cl)cc1NCc1ccco1. The van der Waals surface area contributed by atoms with Crippen molar-refractivity contribution < 1.29 is 13.9 Å². The predicted octanol–water partition coefficient (Wildman–Crippen LogP) is 3.64. The van der Waals surface area contributed by atoms with Crippen molar-refractivity contribution in [2.45, 2.75) is 13.5 Å². The molecule has 1 aromatic heterocycles. The molecule has 19 heavy (non-hydrogen) atoms. The van der Waals surface area contributed by atoms with Crippen molar-refractivity contribution in [1.29, 1.82) is 0 Å². The Kier molecular flexibility index (Phi) is 4.12. The molecule has 0 aliphatic rings. The van der Waals surface area contributed by atoms with E-state index in [1.165, 1.54) is 7.11 Å². The molecule has 5 heteroatoms. The second-order valence-electron chi connectivity index (χ2n) is 4.07. The van der Waals surface area contributed by atoms with E-state index in [-0.39, 0.29) is 0 Å². The highest BCUT2D eigenvalue weighted by atomic mass is 35.5. The van der Waals surface area contributed by atoms with Crippen LogP contribution >= 0.6 is 11.6 Å². The third-order valence-electron chi connectivity index (χ3n) is 2.74. The zero-order chi connectivity index (χ0) is 13.8. The number of esters is 1. The smallest absolute Gasteiger partial charge is 0.339 e. The number of anilines is 1. The lowest BCUT2D eigenvalue weighted by Gasteiger charge is -2.12. The van der Waals surface area contributed by atoms with Gasteiger partial charge in [0.25, 0.3) is 0 Å². The standard InChI is InChI=1S/C14H14ClNO3/c1-9-6-11(14(17)18-2)13(7-12(9)15)16-8-10-4-3-5-19-10/h3-7,16H,8H2,1-2H3. The van der Waals surface area contributed by atoms with Crippen LogP contribution in [-0.4, -0.2) is 13.1 Å². The fourth-order valence-electron chi connectivity index (χ4n) is 1.70. The van der Waals surface area contributed by atoms with Gasteiger partial charge in [0.2, 0.25) is 0 Å². The molecule has 1 heterocycles. The van der Waals surface area contributed by atoms with Gasteiger partial charge >= 0.3 is 5.97 Å². The van der Waals surface area contributed by atoms with E-state index >= 15 is 0 Å². The first-order valence-electron chi connectivity index (χ1n) is 5.76. The zero-order valence-electron chi connectivity index (χ0n) is 10.7. The lowest BCUT2D eigenvalue weighted by Crippen LogP contribution is -2.08. The fourth-order valence-corrected chi connectivity index (χ4v) is 1.87. The number of nitrogens with one attached hydrogen (secondary N) is 1. The van der Waals surface area contributed by atoms with Crippen LogP contribution in [0.5, 0.6) is 0 Å². The van der Waals surface area contributed by atoms with Gasteiger partial charge < -0.3 is 14.5 Å². The normalized spacial score (nSPS) is 10.3. The summed E-state index contributed by atoms with van der Waals surface area (Å²) in [5.74, 6) is 0.370. The molecule has 0 aliphatic heterocycles. The van der Waals surface area contributed by atoms with Gasteiger partial charge in [0.15, 0.2) is 0 Å². The first-order chi connectivity index (χ1) is 9.11. The van der Waals surface area contributed by atoms with Crippen molar-refractivity contribution in [2.24, 2.45) is 0 Å². The Hall–Kier alpha value is -1.94. The van der Waals surface area contributed by atoms with E-state index < -0.39 is 5.97 Å². The number of furan rings is 1. The Bertz CT molecular complexity index is 579. The first kappa shape index (κ1) is 13.5. The lowest BCUT2D eigenvalue weighted by molar-refractivity contribution is 0.0601. The number of methoxy groups -OCH3 is 1. The molecule has 2 rings (SSSR count). The second-order valence-corrected chi connectivity index (χ2v) is 4.48. The molecular weight excluding hydrogens is 266 g/mol. The molecule has 0 atom stereocenters. The molecule has 2 aromatic rings. The molecule has 0 spiro atoms. The maximum atomic E-state index is 11.7. The van der Waals surface area contributed by atoms with Gasteiger partial charge in [0.05, 0.1) is 31.2 Å². The summed E-state index contributed by atoms with van der Waals surface area (Å²) in [6.07, 6.45) is 1.60. The molecule has 1 N–H and O–H groups in total. The van der Waals surface area contributed by atoms with Gasteiger partial charge in [0, 0.05) is 5.02 Å². The van der Waals surface area contributed by atoms with E-state index in [0.717, 1.165) is 11.3 Å². The molecule has 0 radical (unpaired) electrons. The maximum Gasteiger partial charge on any atom is 0.339 e. The van der Waals surface area contributed by atoms with E-state index in [0.29, 0.717) is 22.8 Å². The Morgan fingerprint density at radius 3 is 2.89 bits per heavy atom. The monoisotopic (exact) mass is 279 g/mol. The number of hydrogen-bond donors (Lipinski definition) is 1. The van der Waals surface area contributed by atoms with Gasteiger partial charge in [-0.2, -0.15) is 0 Å². The highest BCUT2D eigenvalue weighted by molar-refractivity contribution is 6.31. The van der Waals surface area contributed by atoms with Gasteiger partial charge in [0.1, 0.15) is 5.76 Å². The number of carbonyl (C=O) groups is 1. The molecule has 0 amide bonds. The molecule has 0 saturated carbocycles. The quantitative estimate of drug-likeness (QED) is 0.868. The Labute approximate surface area is 116 Å². The molecule has 0 fully saturated rings. The second kappa shape index (κ2) is 5.80. The number of carbonyl (C=O) groups excluding carboxylic acids is 1. The number of benzene rings is 1. The van der Waals surface area contributed by atoms with Crippen LogP contribution in [0.15, 0.2) is 34.9 Å². The average molecular weight is 280 g/mol. The van der Waals surface area contributed by atoms with Crippen LogP contribution in [0.4, 0.5) is 5.69 Å². The molecule has 0 saturated heterocycles. The summed E-state index contributed by atoms with van der Waals surface area (Å²) in [6, 6.07) is 7.08. The van der Waals surface area contributed by atoms with Crippen molar-refractivity contribution in [3.63, 3.8) is 0 Å². The van der Waals surface area contributed by atoms with E-state index in [2.05, 4.69) is 5.32 Å². The number of rotatable bonds is 4. The van der Waals surface area contributed by atoms with E-state index in [1.54, 1.807) is 24.5 Å². The van der Waals surface area contributed by atoms with Gasteiger partial charge in [-0.3, -0.25) is 0 Å². The van der Waals surface area contributed by atoms with E-state index in [4.69, 9.17) is 20.8 Å². The Morgan fingerprint density at radius 1 is 1.47 bits per heavy atom. The minimum atomic E-state index is -0.401. The summed E-state index contributed by atoms with van der Waals surface area (Å²) in [5.41, 5.74) is 1.90. The molecular formula is C14H14ClNO3. The zero-order valence-corrected chi connectivity index (χ0v) is 11.5. The van der Waals surface area contributed by atoms with Gasteiger partial charge in [-0.15, -0.1) is 0 Å². The Balaban J connectivity index is 2.26. The van der Waals surface area contributed by atoms with Crippen LogP contribution in [0.1, 0.15) is 21.7 Å². The van der Waals surface area contributed by atoms with E-state index in [1.807, 2.05) is 13.0 Å². The van der Waals surface area contributed by atoms with Crippen LogP contribution in [0.3, 0.4) is 0 Å². The maximum absolute atomic E-state index is 11.7. The topological polar surface area (TPSA) is 51.5 Å². The number of halogens is 1.